The Morgan fingerprint density at radius 1 is 1.23 bits per heavy atom. The van der Waals surface area contributed by atoms with Crippen LogP contribution in [0.15, 0.2) is 66.3 Å². The molecule has 9 heteroatoms. The molecule has 31 heavy (non-hydrogen) atoms. The van der Waals surface area contributed by atoms with Gasteiger partial charge in [0.05, 0.1) is 11.3 Å². The first kappa shape index (κ1) is 20.4. The molecule has 1 amide bonds. The van der Waals surface area contributed by atoms with Crippen LogP contribution in [0.5, 0.6) is 0 Å². The highest BCUT2D eigenvalue weighted by molar-refractivity contribution is 7.99. The molecule has 4 rings (SSSR count). The molecule has 2 N–H and O–H groups in total. The van der Waals surface area contributed by atoms with Crippen molar-refractivity contribution in [3.63, 3.8) is 0 Å². The molecule has 0 radical (unpaired) electrons. The van der Waals surface area contributed by atoms with E-state index in [1.807, 2.05) is 37.4 Å². The van der Waals surface area contributed by atoms with E-state index >= 15 is 0 Å². The maximum atomic E-state index is 12.6. The van der Waals surface area contributed by atoms with Crippen molar-refractivity contribution in [2.24, 2.45) is 0 Å². The largest absolute Gasteiger partial charge is 0.351 e. The van der Waals surface area contributed by atoms with Crippen LogP contribution in [0.3, 0.4) is 0 Å². The highest BCUT2D eigenvalue weighted by Crippen LogP contribution is 2.16. The van der Waals surface area contributed by atoms with Gasteiger partial charge in [0.1, 0.15) is 5.82 Å². The molecule has 0 aliphatic heterocycles. The van der Waals surface area contributed by atoms with Crippen molar-refractivity contribution in [2.45, 2.75) is 12.1 Å². The number of benzene rings is 1. The number of H-pyrrole nitrogens is 1. The Kier molecular flexibility index (Phi) is 6.40. The molecular weight excluding hydrogens is 410 g/mol. The van der Waals surface area contributed by atoms with Crippen molar-refractivity contribution < 1.29 is 4.79 Å². The van der Waals surface area contributed by atoms with Gasteiger partial charge in [0.15, 0.2) is 0 Å². The van der Waals surface area contributed by atoms with E-state index in [1.54, 1.807) is 35.4 Å². The first-order valence-corrected chi connectivity index (χ1v) is 10.5. The second-order valence-electron chi connectivity index (χ2n) is 6.48. The minimum Gasteiger partial charge on any atom is -0.351 e. The number of thioether (sulfide) groups is 1. The van der Waals surface area contributed by atoms with Crippen molar-refractivity contribution in [1.82, 2.24) is 35.3 Å². The average Bonchev–Trinajstić information content (AvgIpc) is 3.47. The third-order valence-corrected chi connectivity index (χ3v) is 5.06. The highest BCUT2D eigenvalue weighted by atomic mass is 32.2. The van der Waals surface area contributed by atoms with E-state index in [-0.39, 0.29) is 5.91 Å². The SMILES string of the molecule is Cc1nc(SCCNC(=O)c2ccc(-n3cccn3)c(C#Cc3cccnc3)c2)n[nH]1. The number of rotatable bonds is 6. The zero-order valence-corrected chi connectivity index (χ0v) is 17.6. The molecular formula is C22H19N7OS. The van der Waals surface area contributed by atoms with E-state index < -0.39 is 0 Å². The van der Waals surface area contributed by atoms with Gasteiger partial charge in [-0.1, -0.05) is 23.6 Å². The maximum absolute atomic E-state index is 12.6. The predicted molar refractivity (Wildman–Crippen MR) is 118 cm³/mol. The minimum atomic E-state index is -0.164. The number of aromatic nitrogens is 6. The summed E-state index contributed by atoms with van der Waals surface area (Å²) in [4.78, 5) is 21.0. The quantitative estimate of drug-likeness (QED) is 0.278. The summed E-state index contributed by atoms with van der Waals surface area (Å²) in [6, 6.07) is 11.0. The lowest BCUT2D eigenvalue weighted by Gasteiger charge is -2.09. The molecule has 0 atom stereocenters. The Hall–Kier alpha value is -3.90. The first-order chi connectivity index (χ1) is 15.2. The number of nitrogens with zero attached hydrogens (tertiary/aromatic N) is 5. The van der Waals surface area contributed by atoms with Crippen LogP contribution in [0, 0.1) is 18.8 Å². The van der Waals surface area contributed by atoms with Crippen molar-refractivity contribution in [2.75, 3.05) is 12.3 Å². The lowest BCUT2D eigenvalue weighted by atomic mass is 10.1. The number of carbonyl (C=O) groups is 1. The number of hydrogen-bond acceptors (Lipinski definition) is 6. The number of aromatic amines is 1. The molecule has 0 bridgehead atoms. The fraction of sp³-hybridized carbons (Fsp3) is 0.136. The van der Waals surface area contributed by atoms with Gasteiger partial charge in [0, 0.05) is 48.2 Å². The normalized spacial score (nSPS) is 10.4. The topological polar surface area (TPSA) is 101 Å². The Labute approximate surface area is 183 Å². The molecule has 0 aliphatic carbocycles. The third kappa shape index (κ3) is 5.38. The summed E-state index contributed by atoms with van der Waals surface area (Å²) < 4.78 is 1.73. The fourth-order valence-electron chi connectivity index (χ4n) is 2.76. The number of aryl methyl sites for hydroxylation is 1. The zero-order valence-electron chi connectivity index (χ0n) is 16.7. The van der Waals surface area contributed by atoms with Crippen LogP contribution >= 0.6 is 11.8 Å². The molecule has 8 nitrogen and oxygen atoms in total. The van der Waals surface area contributed by atoms with Gasteiger partial charge in [-0.2, -0.15) is 5.10 Å². The van der Waals surface area contributed by atoms with E-state index in [2.05, 4.69) is 42.4 Å². The summed E-state index contributed by atoms with van der Waals surface area (Å²) in [7, 11) is 0. The predicted octanol–water partition coefficient (Wildman–Crippen LogP) is 2.62. The monoisotopic (exact) mass is 429 g/mol. The van der Waals surface area contributed by atoms with Gasteiger partial charge < -0.3 is 5.32 Å². The van der Waals surface area contributed by atoms with E-state index in [0.29, 0.717) is 28.6 Å². The molecule has 0 saturated carbocycles. The smallest absolute Gasteiger partial charge is 0.251 e. The summed E-state index contributed by atoms with van der Waals surface area (Å²) in [5, 5.41) is 14.7. The van der Waals surface area contributed by atoms with Gasteiger partial charge in [0.25, 0.3) is 5.91 Å². The molecule has 3 heterocycles. The van der Waals surface area contributed by atoms with Crippen LogP contribution in [0.1, 0.15) is 27.3 Å². The van der Waals surface area contributed by atoms with Crippen molar-refractivity contribution in [1.29, 1.82) is 0 Å². The summed E-state index contributed by atoms with van der Waals surface area (Å²) in [6.07, 6.45) is 6.94. The zero-order chi connectivity index (χ0) is 21.5. The molecule has 0 aliphatic rings. The molecule has 4 aromatic rings. The van der Waals surface area contributed by atoms with E-state index in [9.17, 15) is 4.79 Å². The van der Waals surface area contributed by atoms with Crippen molar-refractivity contribution in [3.05, 3.63) is 83.7 Å². The maximum Gasteiger partial charge on any atom is 0.251 e. The molecule has 0 fully saturated rings. The molecule has 3 aromatic heterocycles. The Balaban J connectivity index is 1.49. The van der Waals surface area contributed by atoms with E-state index in [0.717, 1.165) is 17.1 Å². The Morgan fingerprint density at radius 2 is 2.16 bits per heavy atom. The van der Waals surface area contributed by atoms with Gasteiger partial charge in [-0.25, -0.2) is 9.67 Å². The summed E-state index contributed by atoms with van der Waals surface area (Å²) >= 11 is 1.48. The standard InChI is InChI=1S/C22H19N7OS/c1-16-26-22(28-27-16)31-13-11-24-21(30)19-7-8-20(29-12-3-10-25-29)18(14-19)6-5-17-4-2-9-23-15-17/h2-4,7-10,12,14-15H,11,13H2,1H3,(H,24,30)(H,26,27,28). The van der Waals surface area contributed by atoms with Crippen molar-refractivity contribution in [3.8, 4) is 17.5 Å². The van der Waals surface area contributed by atoms with Gasteiger partial charge >= 0.3 is 0 Å². The lowest BCUT2D eigenvalue weighted by molar-refractivity contribution is 0.0956. The van der Waals surface area contributed by atoms with Crippen LogP contribution < -0.4 is 5.32 Å². The average molecular weight is 430 g/mol. The van der Waals surface area contributed by atoms with Crippen LogP contribution in [0.25, 0.3) is 5.69 Å². The van der Waals surface area contributed by atoms with E-state index in [4.69, 9.17) is 0 Å². The molecule has 0 unspecified atom stereocenters. The number of pyridine rings is 1. The van der Waals surface area contributed by atoms with Crippen LogP contribution in [0.2, 0.25) is 0 Å². The van der Waals surface area contributed by atoms with Gasteiger partial charge in [-0.15, -0.1) is 5.10 Å². The summed E-state index contributed by atoms with van der Waals surface area (Å²) in [6.45, 7) is 2.34. The lowest BCUT2D eigenvalue weighted by Crippen LogP contribution is -2.25. The summed E-state index contributed by atoms with van der Waals surface area (Å²) in [5.74, 6) is 7.52. The molecule has 154 valence electrons. The van der Waals surface area contributed by atoms with Crippen LogP contribution in [-0.4, -0.2) is 48.2 Å². The number of hydrogen-bond donors (Lipinski definition) is 2. The minimum absolute atomic E-state index is 0.164. The van der Waals surface area contributed by atoms with Crippen molar-refractivity contribution >= 4 is 17.7 Å². The highest BCUT2D eigenvalue weighted by Gasteiger charge is 2.10. The first-order valence-electron chi connectivity index (χ1n) is 9.55. The Bertz CT molecular complexity index is 1220. The number of nitrogens with one attached hydrogen (secondary N) is 2. The Morgan fingerprint density at radius 3 is 2.90 bits per heavy atom. The van der Waals surface area contributed by atoms with Crippen LogP contribution in [-0.2, 0) is 0 Å². The van der Waals surface area contributed by atoms with Gasteiger partial charge in [-0.05, 0) is 43.3 Å². The van der Waals surface area contributed by atoms with Gasteiger partial charge in [-0.3, -0.25) is 14.9 Å². The number of amides is 1. The molecule has 0 saturated heterocycles. The fourth-order valence-corrected chi connectivity index (χ4v) is 3.46. The number of carbonyl (C=O) groups excluding carboxylic acids is 1. The molecule has 0 spiro atoms. The summed E-state index contributed by atoms with van der Waals surface area (Å²) in [5.41, 5.74) is 2.83. The van der Waals surface area contributed by atoms with E-state index in [1.165, 1.54) is 11.8 Å². The second-order valence-corrected chi connectivity index (χ2v) is 7.54. The third-order valence-electron chi connectivity index (χ3n) is 4.21. The second kappa shape index (κ2) is 9.73. The van der Waals surface area contributed by atoms with Crippen LogP contribution in [0.4, 0.5) is 0 Å². The molecule has 1 aromatic carbocycles. The van der Waals surface area contributed by atoms with Gasteiger partial charge in [0.2, 0.25) is 5.16 Å².